The van der Waals surface area contributed by atoms with Crippen LogP contribution in [0.15, 0.2) is 41.3 Å². The van der Waals surface area contributed by atoms with Gasteiger partial charge in [0.25, 0.3) is 5.91 Å². The number of nitrogens with one attached hydrogen (secondary N) is 2. The summed E-state index contributed by atoms with van der Waals surface area (Å²) in [5.74, 6) is -0.882. The maximum atomic E-state index is 12.9. The number of carbonyl (C=O) groups is 2. The van der Waals surface area contributed by atoms with Crippen molar-refractivity contribution in [2.45, 2.75) is 45.6 Å². The summed E-state index contributed by atoms with van der Waals surface area (Å²) in [5.41, 5.74) is 1.84. The van der Waals surface area contributed by atoms with Crippen molar-refractivity contribution in [3.05, 3.63) is 52.5 Å². The molecule has 9 heteroatoms. The number of rotatable bonds is 7. The molecule has 2 amide bonds. The van der Waals surface area contributed by atoms with Gasteiger partial charge in [0.2, 0.25) is 15.9 Å². The Morgan fingerprint density at radius 1 is 1.00 bits per heavy atom. The summed E-state index contributed by atoms with van der Waals surface area (Å²) < 4.78 is 26.8. The van der Waals surface area contributed by atoms with Crippen molar-refractivity contribution in [1.82, 2.24) is 4.31 Å². The maximum absolute atomic E-state index is 12.9. The van der Waals surface area contributed by atoms with Crippen LogP contribution in [0.3, 0.4) is 0 Å². The van der Waals surface area contributed by atoms with Gasteiger partial charge in [0.05, 0.1) is 15.5 Å². The summed E-state index contributed by atoms with van der Waals surface area (Å²) in [7, 11) is -2.29. The van der Waals surface area contributed by atoms with Crippen molar-refractivity contribution in [2.24, 2.45) is 5.92 Å². The zero-order valence-electron chi connectivity index (χ0n) is 18.5. The van der Waals surface area contributed by atoms with E-state index in [0.717, 1.165) is 5.56 Å². The zero-order valence-corrected chi connectivity index (χ0v) is 20.1. The largest absolute Gasteiger partial charge is 0.326 e. The first kappa shape index (κ1) is 24.8. The van der Waals surface area contributed by atoms with Gasteiger partial charge >= 0.3 is 0 Å². The van der Waals surface area contributed by atoms with Gasteiger partial charge < -0.3 is 10.6 Å². The third-order valence-electron chi connectivity index (χ3n) is 4.86. The van der Waals surface area contributed by atoms with Crippen LogP contribution in [0.1, 0.15) is 43.6 Å². The number of anilines is 2. The Labute approximate surface area is 188 Å². The van der Waals surface area contributed by atoms with Crippen molar-refractivity contribution < 1.29 is 18.0 Å². The van der Waals surface area contributed by atoms with Crippen molar-refractivity contribution in [1.29, 1.82) is 0 Å². The molecule has 2 N–H and O–H groups in total. The number of amides is 2. The Morgan fingerprint density at radius 3 is 2.23 bits per heavy atom. The van der Waals surface area contributed by atoms with Gasteiger partial charge in [-0.15, -0.1) is 0 Å². The minimum atomic E-state index is -3.77. The molecule has 0 bridgehead atoms. The van der Waals surface area contributed by atoms with E-state index in [1.54, 1.807) is 45.9 Å². The molecule has 0 spiro atoms. The van der Waals surface area contributed by atoms with Crippen molar-refractivity contribution in [3.63, 3.8) is 0 Å². The quantitative estimate of drug-likeness (QED) is 0.628. The van der Waals surface area contributed by atoms with Gasteiger partial charge in [0, 0.05) is 30.4 Å². The summed E-state index contributed by atoms with van der Waals surface area (Å²) in [4.78, 5) is 24.9. The number of aryl methyl sites for hydroxylation is 1. The molecule has 2 aromatic rings. The molecule has 0 saturated carbocycles. The predicted octanol–water partition coefficient (Wildman–Crippen LogP) is 4.52. The summed E-state index contributed by atoms with van der Waals surface area (Å²) in [5, 5.41) is 5.67. The second kappa shape index (κ2) is 9.80. The highest BCUT2D eigenvalue weighted by atomic mass is 35.5. The highest BCUT2D eigenvalue weighted by molar-refractivity contribution is 7.89. The fourth-order valence-corrected chi connectivity index (χ4v) is 4.19. The fourth-order valence-electron chi connectivity index (χ4n) is 2.59. The molecule has 0 atom stereocenters. The number of hydrogen-bond donors (Lipinski definition) is 2. The number of benzene rings is 2. The average Bonchev–Trinajstić information content (AvgIpc) is 2.69. The van der Waals surface area contributed by atoms with Gasteiger partial charge in [-0.3, -0.25) is 9.59 Å². The monoisotopic (exact) mass is 465 g/mol. The van der Waals surface area contributed by atoms with Crippen molar-refractivity contribution >= 4 is 44.8 Å². The van der Waals surface area contributed by atoms with Gasteiger partial charge in [-0.05, 0) is 56.7 Å². The van der Waals surface area contributed by atoms with Crippen molar-refractivity contribution in [3.8, 4) is 0 Å². The number of sulfonamides is 1. The van der Waals surface area contributed by atoms with E-state index in [2.05, 4.69) is 10.6 Å². The highest BCUT2D eigenvalue weighted by Crippen LogP contribution is 2.26. The van der Waals surface area contributed by atoms with E-state index in [9.17, 15) is 18.0 Å². The Kier molecular flexibility index (Phi) is 7.86. The van der Waals surface area contributed by atoms with Crippen LogP contribution in [0, 0.1) is 12.8 Å². The summed E-state index contributed by atoms with van der Waals surface area (Å²) in [6.07, 6.45) is 0. The number of carbonyl (C=O) groups excluding carboxylic acids is 2. The molecule has 7 nitrogen and oxygen atoms in total. The van der Waals surface area contributed by atoms with Crippen LogP contribution < -0.4 is 10.6 Å². The van der Waals surface area contributed by atoms with E-state index in [4.69, 9.17) is 11.6 Å². The molecule has 0 saturated heterocycles. The predicted molar refractivity (Wildman–Crippen MR) is 124 cm³/mol. The van der Waals surface area contributed by atoms with Crippen LogP contribution >= 0.6 is 11.6 Å². The molecule has 0 unspecified atom stereocenters. The molecule has 0 aliphatic heterocycles. The Bertz CT molecular complexity index is 1100. The first-order chi connectivity index (χ1) is 14.3. The van der Waals surface area contributed by atoms with Crippen LogP contribution in [-0.2, 0) is 14.8 Å². The summed E-state index contributed by atoms with van der Waals surface area (Å²) >= 11 is 6.20. The van der Waals surface area contributed by atoms with E-state index in [0.29, 0.717) is 11.4 Å². The lowest BCUT2D eigenvalue weighted by Crippen LogP contribution is -2.33. The van der Waals surface area contributed by atoms with Crippen LogP contribution in [0.2, 0.25) is 5.02 Å². The normalized spacial score (nSPS) is 11.8. The van der Waals surface area contributed by atoms with Gasteiger partial charge in [0.15, 0.2) is 0 Å². The molecule has 0 aliphatic carbocycles. The van der Waals surface area contributed by atoms with E-state index < -0.39 is 15.9 Å². The molecule has 0 heterocycles. The van der Waals surface area contributed by atoms with E-state index >= 15 is 0 Å². The van der Waals surface area contributed by atoms with Crippen LogP contribution in [0.4, 0.5) is 11.4 Å². The molecule has 0 aromatic heterocycles. The van der Waals surface area contributed by atoms with Gasteiger partial charge in [-0.1, -0.05) is 31.5 Å². The molecule has 31 heavy (non-hydrogen) atoms. The molecule has 168 valence electrons. The first-order valence-corrected chi connectivity index (χ1v) is 11.7. The smallest absolute Gasteiger partial charge is 0.257 e. The Hall–Kier alpha value is -2.42. The van der Waals surface area contributed by atoms with E-state index in [1.165, 1.54) is 29.6 Å². The van der Waals surface area contributed by atoms with Crippen molar-refractivity contribution in [2.75, 3.05) is 17.7 Å². The van der Waals surface area contributed by atoms with Crippen LogP contribution in [0.25, 0.3) is 0 Å². The minimum Gasteiger partial charge on any atom is -0.326 e. The standard InChI is InChI=1S/C22H28ClN3O4S/c1-13(2)21(27)24-16-8-7-15(5)20(11-16)25-22(28)18-12-17(9-10-19(18)23)31(29,30)26(6)14(3)4/h7-14H,1-6H3,(H,24,27)(H,25,28). The van der Waals surface area contributed by atoms with E-state index in [-0.39, 0.29) is 33.3 Å². The average molecular weight is 466 g/mol. The number of halogens is 1. The lowest BCUT2D eigenvalue weighted by Gasteiger charge is -2.21. The van der Waals surface area contributed by atoms with Crippen LogP contribution in [0.5, 0.6) is 0 Å². The SMILES string of the molecule is Cc1ccc(NC(=O)C(C)C)cc1NC(=O)c1cc(S(=O)(=O)N(C)C(C)C)ccc1Cl. The van der Waals surface area contributed by atoms with Gasteiger partial charge in [-0.25, -0.2) is 8.42 Å². The molecule has 0 aliphatic rings. The van der Waals surface area contributed by atoms with Crippen LogP contribution in [-0.4, -0.2) is 37.6 Å². The lowest BCUT2D eigenvalue weighted by atomic mass is 10.1. The highest BCUT2D eigenvalue weighted by Gasteiger charge is 2.25. The maximum Gasteiger partial charge on any atom is 0.257 e. The molecule has 0 fully saturated rings. The Balaban J connectivity index is 2.35. The fraction of sp³-hybridized carbons (Fsp3) is 0.364. The summed E-state index contributed by atoms with van der Waals surface area (Å²) in [6, 6.07) is 8.95. The molecule has 0 radical (unpaired) electrons. The van der Waals surface area contributed by atoms with E-state index in [1.807, 2.05) is 6.92 Å². The number of nitrogens with zero attached hydrogens (tertiary/aromatic N) is 1. The lowest BCUT2D eigenvalue weighted by molar-refractivity contribution is -0.118. The zero-order chi connectivity index (χ0) is 23.5. The molecular weight excluding hydrogens is 438 g/mol. The topological polar surface area (TPSA) is 95.6 Å². The molecule has 2 aromatic carbocycles. The first-order valence-electron chi connectivity index (χ1n) is 9.85. The third kappa shape index (κ3) is 5.84. The second-order valence-electron chi connectivity index (χ2n) is 7.88. The summed E-state index contributed by atoms with van der Waals surface area (Å²) in [6.45, 7) is 8.89. The van der Waals surface area contributed by atoms with Gasteiger partial charge in [-0.2, -0.15) is 4.31 Å². The minimum absolute atomic E-state index is 0.0204. The third-order valence-corrected chi connectivity index (χ3v) is 7.22. The molecule has 2 rings (SSSR count). The molecular formula is C22H28ClN3O4S. The second-order valence-corrected chi connectivity index (χ2v) is 10.3. The Morgan fingerprint density at radius 2 is 1.65 bits per heavy atom. The number of hydrogen-bond acceptors (Lipinski definition) is 4. The van der Waals surface area contributed by atoms with Gasteiger partial charge in [0.1, 0.15) is 0 Å².